The standard InChI is InChI=1S/C10H22O.CH4/c1-8(2)6-9(11)7-10(3,4)5;/h8-9,11H,6-7H2,1-5H3;1H4. The van der Waals surface area contributed by atoms with Crippen LogP contribution in [0.3, 0.4) is 0 Å². The third-order valence-electron chi connectivity index (χ3n) is 1.59. The Hall–Kier alpha value is -0.0400. The number of hydrogen-bond donors (Lipinski definition) is 1. The van der Waals surface area contributed by atoms with E-state index in [0.717, 1.165) is 12.8 Å². The fourth-order valence-corrected chi connectivity index (χ4v) is 1.33. The van der Waals surface area contributed by atoms with Crippen LogP contribution in [0, 0.1) is 11.3 Å². The van der Waals surface area contributed by atoms with Crippen molar-refractivity contribution in [2.24, 2.45) is 11.3 Å². The largest absolute Gasteiger partial charge is 0.393 e. The van der Waals surface area contributed by atoms with Gasteiger partial charge >= 0.3 is 0 Å². The highest BCUT2D eigenvalue weighted by molar-refractivity contribution is 4.68. The molecule has 1 unspecified atom stereocenters. The number of aliphatic hydroxyl groups is 1. The van der Waals surface area contributed by atoms with Crippen molar-refractivity contribution in [2.75, 3.05) is 0 Å². The quantitative estimate of drug-likeness (QED) is 0.694. The van der Waals surface area contributed by atoms with Gasteiger partial charge in [0, 0.05) is 0 Å². The molecule has 0 bridgehead atoms. The van der Waals surface area contributed by atoms with Crippen LogP contribution < -0.4 is 0 Å². The SMILES string of the molecule is C.CC(C)CC(O)CC(C)(C)C. The summed E-state index contributed by atoms with van der Waals surface area (Å²) < 4.78 is 0. The summed E-state index contributed by atoms with van der Waals surface area (Å²) >= 11 is 0. The van der Waals surface area contributed by atoms with Crippen molar-refractivity contribution < 1.29 is 5.11 Å². The molecule has 0 aromatic heterocycles. The van der Waals surface area contributed by atoms with Crippen LogP contribution in [-0.2, 0) is 0 Å². The van der Waals surface area contributed by atoms with Gasteiger partial charge in [-0.25, -0.2) is 0 Å². The van der Waals surface area contributed by atoms with Crippen LogP contribution in [0.5, 0.6) is 0 Å². The molecule has 0 amide bonds. The molecule has 0 saturated carbocycles. The second kappa shape index (κ2) is 5.58. The van der Waals surface area contributed by atoms with Gasteiger partial charge in [-0.1, -0.05) is 42.0 Å². The molecule has 0 aromatic carbocycles. The van der Waals surface area contributed by atoms with Crippen molar-refractivity contribution in [3.63, 3.8) is 0 Å². The summed E-state index contributed by atoms with van der Waals surface area (Å²) in [6.07, 6.45) is 1.72. The van der Waals surface area contributed by atoms with Gasteiger partial charge in [0.15, 0.2) is 0 Å². The van der Waals surface area contributed by atoms with E-state index in [0.29, 0.717) is 5.92 Å². The van der Waals surface area contributed by atoms with Crippen LogP contribution in [-0.4, -0.2) is 11.2 Å². The zero-order chi connectivity index (χ0) is 9.07. The summed E-state index contributed by atoms with van der Waals surface area (Å²) in [6.45, 7) is 10.8. The van der Waals surface area contributed by atoms with Gasteiger partial charge < -0.3 is 5.11 Å². The van der Waals surface area contributed by atoms with Crippen molar-refractivity contribution in [1.29, 1.82) is 0 Å². The van der Waals surface area contributed by atoms with E-state index in [1.165, 1.54) is 0 Å². The van der Waals surface area contributed by atoms with Crippen molar-refractivity contribution in [3.05, 3.63) is 0 Å². The van der Waals surface area contributed by atoms with E-state index in [1.807, 2.05) is 0 Å². The average molecular weight is 174 g/mol. The number of hydrogen-bond acceptors (Lipinski definition) is 1. The Morgan fingerprint density at radius 1 is 1.17 bits per heavy atom. The molecule has 0 saturated heterocycles. The van der Waals surface area contributed by atoms with Crippen molar-refractivity contribution >= 4 is 0 Å². The maximum atomic E-state index is 9.56. The van der Waals surface area contributed by atoms with Crippen LogP contribution in [0.1, 0.15) is 54.9 Å². The van der Waals surface area contributed by atoms with E-state index in [2.05, 4.69) is 34.6 Å². The minimum absolute atomic E-state index is 0. The number of aliphatic hydroxyl groups excluding tert-OH is 1. The summed E-state index contributed by atoms with van der Waals surface area (Å²) in [7, 11) is 0. The lowest BCUT2D eigenvalue weighted by Gasteiger charge is -2.23. The first-order valence-electron chi connectivity index (χ1n) is 4.49. The lowest BCUT2D eigenvalue weighted by Crippen LogP contribution is -2.19. The second-order valence-electron chi connectivity index (χ2n) is 5.05. The molecule has 12 heavy (non-hydrogen) atoms. The van der Waals surface area contributed by atoms with Crippen LogP contribution in [0.15, 0.2) is 0 Å². The molecule has 0 spiro atoms. The van der Waals surface area contributed by atoms with Crippen LogP contribution >= 0.6 is 0 Å². The summed E-state index contributed by atoms with van der Waals surface area (Å²) in [5.41, 5.74) is 0.258. The molecular weight excluding hydrogens is 148 g/mol. The predicted molar refractivity (Wildman–Crippen MR) is 56.3 cm³/mol. The van der Waals surface area contributed by atoms with Crippen LogP contribution in [0.2, 0.25) is 0 Å². The van der Waals surface area contributed by atoms with Gasteiger partial charge in [0.1, 0.15) is 0 Å². The molecule has 0 radical (unpaired) electrons. The number of rotatable bonds is 3. The Labute approximate surface area is 78.2 Å². The molecule has 0 fully saturated rings. The zero-order valence-electron chi connectivity index (χ0n) is 8.52. The molecule has 0 aromatic rings. The molecule has 1 heteroatoms. The van der Waals surface area contributed by atoms with Crippen molar-refractivity contribution in [1.82, 2.24) is 0 Å². The highest BCUT2D eigenvalue weighted by Crippen LogP contribution is 2.23. The van der Waals surface area contributed by atoms with E-state index in [9.17, 15) is 5.11 Å². The Morgan fingerprint density at radius 3 is 1.83 bits per heavy atom. The smallest absolute Gasteiger partial charge is 0.0547 e. The predicted octanol–water partition coefficient (Wildman–Crippen LogP) is 3.47. The third-order valence-corrected chi connectivity index (χ3v) is 1.59. The van der Waals surface area contributed by atoms with Gasteiger partial charge in [-0.2, -0.15) is 0 Å². The highest BCUT2D eigenvalue weighted by atomic mass is 16.3. The Kier molecular flexibility index (Phi) is 6.73. The van der Waals surface area contributed by atoms with Crippen LogP contribution in [0.4, 0.5) is 0 Å². The lowest BCUT2D eigenvalue weighted by atomic mass is 9.87. The van der Waals surface area contributed by atoms with Crippen molar-refractivity contribution in [3.8, 4) is 0 Å². The van der Waals surface area contributed by atoms with E-state index in [4.69, 9.17) is 0 Å². The van der Waals surface area contributed by atoms with Gasteiger partial charge in [0.05, 0.1) is 6.10 Å². The molecule has 0 heterocycles. The molecule has 1 atom stereocenters. The summed E-state index contributed by atoms with van der Waals surface area (Å²) in [4.78, 5) is 0. The van der Waals surface area contributed by atoms with Crippen LogP contribution in [0.25, 0.3) is 0 Å². The fourth-order valence-electron chi connectivity index (χ4n) is 1.33. The molecule has 0 aliphatic carbocycles. The Balaban J connectivity index is 0. The highest BCUT2D eigenvalue weighted by Gasteiger charge is 2.16. The summed E-state index contributed by atoms with van der Waals surface area (Å²) in [6, 6.07) is 0. The maximum Gasteiger partial charge on any atom is 0.0547 e. The van der Waals surface area contributed by atoms with E-state index in [-0.39, 0.29) is 18.9 Å². The first kappa shape index (κ1) is 14.5. The third kappa shape index (κ3) is 9.96. The van der Waals surface area contributed by atoms with E-state index >= 15 is 0 Å². The van der Waals surface area contributed by atoms with Gasteiger partial charge in [-0.05, 0) is 24.2 Å². The molecular formula is C11H26O. The van der Waals surface area contributed by atoms with Gasteiger partial charge in [-0.3, -0.25) is 0 Å². The molecule has 1 nitrogen and oxygen atoms in total. The minimum Gasteiger partial charge on any atom is -0.393 e. The minimum atomic E-state index is -0.116. The Bertz CT molecular complexity index is 100. The topological polar surface area (TPSA) is 20.2 Å². The van der Waals surface area contributed by atoms with E-state index < -0.39 is 0 Å². The fraction of sp³-hybridized carbons (Fsp3) is 1.00. The summed E-state index contributed by atoms with van der Waals surface area (Å²) in [5, 5.41) is 9.56. The Morgan fingerprint density at radius 2 is 1.58 bits per heavy atom. The summed E-state index contributed by atoms with van der Waals surface area (Å²) in [5.74, 6) is 0.604. The second-order valence-corrected chi connectivity index (χ2v) is 5.05. The normalized spacial score (nSPS) is 14.2. The molecule has 0 aliphatic rings. The van der Waals surface area contributed by atoms with E-state index in [1.54, 1.807) is 0 Å². The maximum absolute atomic E-state index is 9.56. The monoisotopic (exact) mass is 174 g/mol. The molecule has 1 N–H and O–H groups in total. The van der Waals surface area contributed by atoms with Gasteiger partial charge in [0.25, 0.3) is 0 Å². The first-order chi connectivity index (χ1) is 4.81. The van der Waals surface area contributed by atoms with Crippen molar-refractivity contribution in [2.45, 2.75) is 61.0 Å². The molecule has 0 aliphatic heterocycles. The first-order valence-corrected chi connectivity index (χ1v) is 4.49. The van der Waals surface area contributed by atoms with Gasteiger partial charge in [-0.15, -0.1) is 0 Å². The zero-order valence-corrected chi connectivity index (χ0v) is 8.52. The van der Waals surface area contributed by atoms with Gasteiger partial charge in [0.2, 0.25) is 0 Å². The molecule has 76 valence electrons. The average Bonchev–Trinajstić information content (AvgIpc) is 1.53. The molecule has 0 rings (SSSR count). The lowest BCUT2D eigenvalue weighted by molar-refractivity contribution is 0.101.